The Labute approximate surface area is 27.9 Å². The molecule has 4 heavy (non-hydrogen) atoms. The van der Waals surface area contributed by atoms with Crippen LogP contribution in [0, 0.1) is 0 Å². The fraction of sp³-hybridized carbons (Fsp3) is 1.00. The second kappa shape index (κ2) is 3.39. The molecule has 1 nitrogen and oxygen atoms in total. The molecule has 0 heterocycles. The first-order chi connectivity index (χ1) is 1.91. The van der Waals surface area contributed by atoms with E-state index in [-0.39, 0.29) is 0 Å². The monoisotopic (exact) mass is 78.0 g/mol. The zero-order valence-electron chi connectivity index (χ0n) is 2.69. The van der Waals surface area contributed by atoms with Gasteiger partial charge in [0.1, 0.15) is 0 Å². The third kappa shape index (κ3) is 2.39. The second-order valence-corrected chi connectivity index (χ2v) is 1.72. The molecule has 0 fully saturated rings. The average molecular weight is 78.1 g/mol. The van der Waals surface area contributed by atoms with Gasteiger partial charge in [0.25, 0.3) is 0 Å². The zero-order valence-corrected chi connectivity index (χ0v) is 3.85. The minimum atomic E-state index is -0.468. The van der Waals surface area contributed by atoms with Gasteiger partial charge in [-0.1, -0.05) is 8.81 Å². The molecule has 1 atom stereocenters. The van der Waals surface area contributed by atoms with Crippen LogP contribution in [0.25, 0.3) is 0 Å². The van der Waals surface area contributed by atoms with Crippen molar-refractivity contribution in [3.63, 3.8) is 0 Å². The zero-order chi connectivity index (χ0) is 3.41. The number of hydrogen-bond donors (Lipinski definition) is 0. The highest BCUT2D eigenvalue weighted by Crippen LogP contribution is 1.86. The van der Waals surface area contributed by atoms with Gasteiger partial charge in [0, 0.05) is 6.16 Å². The molecule has 0 aromatic rings. The predicted octanol–water partition coefficient (Wildman–Crippen LogP) is -0.308. The van der Waals surface area contributed by atoms with Gasteiger partial charge in [-0.15, -0.1) is 0 Å². The summed E-state index contributed by atoms with van der Waals surface area (Å²) in [4.78, 5) is 9.38. The van der Waals surface area contributed by atoms with E-state index in [0.29, 0.717) is 0 Å². The summed E-state index contributed by atoms with van der Waals surface area (Å²) in [5, 5.41) is 0. The number of hydrogen-bond acceptors (Lipinski definition) is 1. The third-order valence-corrected chi connectivity index (χ3v) is 0.500. The summed E-state index contributed by atoms with van der Waals surface area (Å²) in [5.74, 6) is 0. The van der Waals surface area contributed by atoms with Crippen molar-refractivity contribution < 1.29 is 4.89 Å². The van der Waals surface area contributed by atoms with E-state index in [1.165, 1.54) is 0 Å². The van der Waals surface area contributed by atoms with Gasteiger partial charge in [-0.25, -0.2) is 0 Å². The van der Waals surface area contributed by atoms with Crippen LogP contribution in [0.5, 0.6) is 0 Å². The molecule has 0 aliphatic carbocycles. The molecule has 0 bridgehead atoms. The topological polar surface area (TPSA) is 23.1 Å². The summed E-state index contributed by atoms with van der Waals surface area (Å²) >= 11 is 0. The maximum absolute atomic E-state index is 9.38. The first-order valence-electron chi connectivity index (χ1n) is 1.35. The van der Waals surface area contributed by atoms with Crippen LogP contribution in [0.1, 0.15) is 6.92 Å². The molecular formula is C2H7OP. The molecule has 0 saturated carbocycles. The first-order valence-corrected chi connectivity index (χ1v) is 2.64. The summed E-state index contributed by atoms with van der Waals surface area (Å²) in [7, 11) is -0.468. The molecule has 0 amide bonds. The molecule has 0 aromatic carbocycles. The normalized spacial score (nSPS) is 10.5. The van der Waals surface area contributed by atoms with Crippen molar-refractivity contribution in [3.8, 4) is 0 Å². The average Bonchev–Trinajstić information content (AvgIpc) is 1.37. The van der Waals surface area contributed by atoms with Crippen LogP contribution in [-0.4, -0.2) is 6.16 Å². The third-order valence-electron chi connectivity index (χ3n) is 0.167. The quantitative estimate of drug-likeness (QED) is 0.394. The van der Waals surface area contributed by atoms with E-state index in [4.69, 9.17) is 0 Å². The Kier molecular flexibility index (Phi) is 3.72. The Morgan fingerprint density at radius 2 is 2.25 bits per heavy atom. The Morgan fingerprint density at radius 1 is 2.00 bits per heavy atom. The lowest BCUT2D eigenvalue weighted by atomic mass is 11.0. The summed E-state index contributed by atoms with van der Waals surface area (Å²) in [5.41, 5.74) is 0. The van der Waals surface area contributed by atoms with E-state index in [9.17, 15) is 4.89 Å². The van der Waals surface area contributed by atoms with Crippen LogP contribution in [-0.2, 0) is 0 Å². The lowest BCUT2D eigenvalue weighted by Gasteiger charge is -1.78. The molecule has 0 spiro atoms. The maximum Gasteiger partial charge on any atom is 0.0465 e. The maximum atomic E-state index is 9.38. The summed E-state index contributed by atoms with van der Waals surface area (Å²) in [6.07, 6.45) is 0.847. The highest BCUT2D eigenvalue weighted by Gasteiger charge is 1.54. The van der Waals surface area contributed by atoms with Gasteiger partial charge in [-0.2, -0.15) is 0 Å². The van der Waals surface area contributed by atoms with E-state index in [2.05, 4.69) is 0 Å². The van der Waals surface area contributed by atoms with E-state index >= 15 is 0 Å². The van der Waals surface area contributed by atoms with Gasteiger partial charge >= 0.3 is 0 Å². The molecule has 1 unspecified atom stereocenters. The number of rotatable bonds is 1. The molecule has 26 valence electrons. The van der Waals surface area contributed by atoms with Crippen molar-refractivity contribution in [1.29, 1.82) is 0 Å². The van der Waals surface area contributed by atoms with Crippen molar-refractivity contribution in [2.45, 2.75) is 6.92 Å². The van der Waals surface area contributed by atoms with Gasteiger partial charge in [0.05, 0.1) is 0 Å². The molecule has 0 N–H and O–H groups in total. The molecule has 0 saturated heterocycles. The highest BCUT2D eigenvalue weighted by molar-refractivity contribution is 7.29. The largest absolute Gasteiger partial charge is 0.683 e. The van der Waals surface area contributed by atoms with Gasteiger partial charge < -0.3 is 4.89 Å². The molecule has 0 aromatic heterocycles. The molecule has 0 radical (unpaired) electrons. The van der Waals surface area contributed by atoms with Crippen molar-refractivity contribution in [2.24, 2.45) is 0 Å². The standard InChI is InChI=1S/C2H7OP/c1-2-4-3/h2,4H2,1H3. The van der Waals surface area contributed by atoms with Gasteiger partial charge in [0.2, 0.25) is 0 Å². The fourth-order valence-electron chi connectivity index (χ4n) is 0. The van der Waals surface area contributed by atoms with E-state index < -0.39 is 8.81 Å². The molecule has 2 heteroatoms. The minimum absolute atomic E-state index is 0.468. The lowest BCUT2D eigenvalue weighted by molar-refractivity contribution is -0.150. The van der Waals surface area contributed by atoms with Crippen LogP contribution < -0.4 is 4.89 Å². The minimum Gasteiger partial charge on any atom is -0.683 e. The van der Waals surface area contributed by atoms with Crippen molar-refractivity contribution in [1.82, 2.24) is 0 Å². The predicted molar refractivity (Wildman–Crippen MR) is 20.3 cm³/mol. The van der Waals surface area contributed by atoms with Crippen molar-refractivity contribution >= 4 is 8.81 Å². The Morgan fingerprint density at radius 3 is 2.25 bits per heavy atom. The fourth-order valence-corrected chi connectivity index (χ4v) is 0. The molecular weight excluding hydrogens is 71.0 g/mol. The Balaban J connectivity index is 1.97. The van der Waals surface area contributed by atoms with E-state index in [0.717, 1.165) is 6.16 Å². The van der Waals surface area contributed by atoms with E-state index in [1.807, 2.05) is 6.92 Å². The molecule has 0 rings (SSSR count). The first kappa shape index (κ1) is 4.39. The van der Waals surface area contributed by atoms with Crippen molar-refractivity contribution in [2.75, 3.05) is 6.16 Å². The van der Waals surface area contributed by atoms with E-state index in [1.54, 1.807) is 0 Å². The van der Waals surface area contributed by atoms with Crippen LogP contribution in [0.2, 0.25) is 0 Å². The summed E-state index contributed by atoms with van der Waals surface area (Å²) < 4.78 is 0. The summed E-state index contributed by atoms with van der Waals surface area (Å²) in [6, 6.07) is 0. The lowest BCUT2D eigenvalue weighted by Crippen LogP contribution is -1.78. The Bertz CT molecular complexity index is 8.00. The van der Waals surface area contributed by atoms with Crippen LogP contribution in [0.4, 0.5) is 0 Å². The van der Waals surface area contributed by atoms with Gasteiger partial charge in [-0.3, -0.25) is 0 Å². The summed E-state index contributed by atoms with van der Waals surface area (Å²) in [6.45, 7) is 1.91. The van der Waals surface area contributed by atoms with Gasteiger partial charge in [-0.05, 0) is 6.92 Å². The molecule has 0 aliphatic rings. The van der Waals surface area contributed by atoms with Crippen molar-refractivity contribution in [3.05, 3.63) is 0 Å². The smallest absolute Gasteiger partial charge is 0.0465 e. The Hall–Kier alpha value is 0.390. The van der Waals surface area contributed by atoms with Crippen LogP contribution >= 0.6 is 8.81 Å². The van der Waals surface area contributed by atoms with Crippen LogP contribution in [0.15, 0.2) is 0 Å². The van der Waals surface area contributed by atoms with Crippen LogP contribution in [0.3, 0.4) is 0 Å². The van der Waals surface area contributed by atoms with Gasteiger partial charge in [0.15, 0.2) is 0 Å². The molecule has 0 aliphatic heterocycles. The second-order valence-electron chi connectivity index (χ2n) is 0.575. The highest BCUT2D eigenvalue weighted by atomic mass is 31.1. The SMILES string of the molecule is CC[PH2+][O-].